The molecular weight excluding hydrogens is 253 g/mol. The van der Waals surface area contributed by atoms with Crippen LogP contribution in [0.5, 0.6) is 0 Å². The van der Waals surface area contributed by atoms with Crippen molar-refractivity contribution in [3.63, 3.8) is 0 Å². The molecule has 0 aliphatic heterocycles. The molecule has 1 nitrogen and oxygen atoms in total. The third-order valence-electron chi connectivity index (χ3n) is 2.94. The van der Waals surface area contributed by atoms with Gasteiger partial charge < -0.3 is 5.32 Å². The Hall–Kier alpha value is -0.240. The largest absolute Gasteiger partial charge is 0.313 e. The minimum Gasteiger partial charge on any atom is -0.313 e. The summed E-state index contributed by atoms with van der Waals surface area (Å²) in [6, 6.07) is 6.13. The van der Waals surface area contributed by atoms with Crippen LogP contribution in [-0.4, -0.2) is 12.6 Å². The summed E-state index contributed by atoms with van der Waals surface area (Å²) in [5.74, 6) is 0. The SMILES string of the molecule is CCNC(Cc1ccc(Cl)cc1Cl)C(C)(C)C. The van der Waals surface area contributed by atoms with E-state index >= 15 is 0 Å². The minimum atomic E-state index is 0.207. The van der Waals surface area contributed by atoms with E-state index in [0.29, 0.717) is 11.1 Å². The zero-order valence-corrected chi connectivity index (χ0v) is 12.5. The second-order valence-corrected chi connectivity index (χ2v) is 6.26. The number of hydrogen-bond acceptors (Lipinski definition) is 1. The van der Waals surface area contributed by atoms with Gasteiger partial charge in [-0.15, -0.1) is 0 Å². The van der Waals surface area contributed by atoms with Crippen LogP contribution in [0, 0.1) is 5.41 Å². The summed E-state index contributed by atoms with van der Waals surface area (Å²) in [7, 11) is 0. The lowest BCUT2D eigenvalue weighted by molar-refractivity contribution is 0.270. The average molecular weight is 274 g/mol. The average Bonchev–Trinajstić information content (AvgIpc) is 2.19. The van der Waals surface area contributed by atoms with E-state index in [9.17, 15) is 0 Å². The third kappa shape index (κ3) is 4.50. The van der Waals surface area contributed by atoms with E-state index in [4.69, 9.17) is 23.2 Å². The summed E-state index contributed by atoms with van der Waals surface area (Å²) in [6.45, 7) is 9.81. The van der Waals surface area contributed by atoms with Crippen LogP contribution in [0.25, 0.3) is 0 Å². The number of benzene rings is 1. The van der Waals surface area contributed by atoms with Crippen LogP contribution in [0.2, 0.25) is 10.0 Å². The number of halogens is 2. The van der Waals surface area contributed by atoms with E-state index in [1.54, 1.807) is 0 Å². The monoisotopic (exact) mass is 273 g/mol. The van der Waals surface area contributed by atoms with Crippen molar-refractivity contribution < 1.29 is 0 Å². The molecule has 0 spiro atoms. The molecule has 0 radical (unpaired) electrons. The number of likely N-dealkylation sites (N-methyl/N-ethyl adjacent to an activating group) is 1. The van der Waals surface area contributed by atoms with Crippen LogP contribution >= 0.6 is 23.2 Å². The first kappa shape index (κ1) is 14.8. The van der Waals surface area contributed by atoms with Crippen LogP contribution in [0.3, 0.4) is 0 Å². The number of nitrogens with one attached hydrogen (secondary N) is 1. The van der Waals surface area contributed by atoms with Gasteiger partial charge in [-0.3, -0.25) is 0 Å². The summed E-state index contributed by atoms with van der Waals surface area (Å²) in [4.78, 5) is 0. The zero-order valence-electron chi connectivity index (χ0n) is 11.0. The molecule has 96 valence electrons. The summed E-state index contributed by atoms with van der Waals surface area (Å²) in [5, 5.41) is 4.96. The van der Waals surface area contributed by atoms with Crippen molar-refractivity contribution >= 4 is 23.2 Å². The van der Waals surface area contributed by atoms with Gasteiger partial charge in [0.15, 0.2) is 0 Å². The molecule has 0 amide bonds. The highest BCUT2D eigenvalue weighted by molar-refractivity contribution is 6.35. The molecule has 1 atom stereocenters. The highest BCUT2D eigenvalue weighted by Crippen LogP contribution is 2.27. The molecular formula is C14H21Cl2N. The topological polar surface area (TPSA) is 12.0 Å². The maximum atomic E-state index is 6.21. The lowest BCUT2D eigenvalue weighted by Crippen LogP contribution is -2.41. The van der Waals surface area contributed by atoms with Crippen LogP contribution in [0.15, 0.2) is 18.2 Å². The van der Waals surface area contributed by atoms with Gasteiger partial charge in [-0.25, -0.2) is 0 Å². The Morgan fingerprint density at radius 2 is 1.88 bits per heavy atom. The van der Waals surface area contributed by atoms with E-state index in [1.807, 2.05) is 18.2 Å². The van der Waals surface area contributed by atoms with Crippen LogP contribution in [-0.2, 0) is 6.42 Å². The molecule has 17 heavy (non-hydrogen) atoms. The molecule has 1 aromatic carbocycles. The van der Waals surface area contributed by atoms with Gasteiger partial charge in [0.1, 0.15) is 0 Å². The van der Waals surface area contributed by atoms with Gasteiger partial charge in [0.2, 0.25) is 0 Å². The molecule has 0 fully saturated rings. The second-order valence-electron chi connectivity index (χ2n) is 5.42. The van der Waals surface area contributed by atoms with Gasteiger partial charge in [0.25, 0.3) is 0 Å². The molecule has 3 heteroatoms. The fraction of sp³-hybridized carbons (Fsp3) is 0.571. The van der Waals surface area contributed by atoms with Crippen molar-refractivity contribution in [2.75, 3.05) is 6.54 Å². The van der Waals surface area contributed by atoms with E-state index < -0.39 is 0 Å². The van der Waals surface area contributed by atoms with Crippen molar-refractivity contribution in [3.05, 3.63) is 33.8 Å². The van der Waals surface area contributed by atoms with Gasteiger partial charge in [-0.1, -0.05) is 57.0 Å². The van der Waals surface area contributed by atoms with E-state index in [1.165, 1.54) is 0 Å². The number of hydrogen-bond donors (Lipinski definition) is 1. The summed E-state index contributed by atoms with van der Waals surface area (Å²) < 4.78 is 0. The van der Waals surface area contributed by atoms with Crippen molar-refractivity contribution in [1.29, 1.82) is 0 Å². The van der Waals surface area contributed by atoms with E-state index in [2.05, 4.69) is 33.0 Å². The van der Waals surface area contributed by atoms with Crippen molar-refractivity contribution in [2.45, 2.75) is 40.2 Å². The first-order valence-electron chi connectivity index (χ1n) is 6.02. The Bertz CT molecular complexity index is 369. The Balaban J connectivity index is 2.86. The maximum Gasteiger partial charge on any atom is 0.0453 e. The third-order valence-corrected chi connectivity index (χ3v) is 3.52. The molecule has 1 N–H and O–H groups in total. The predicted octanol–water partition coefficient (Wildman–Crippen LogP) is 4.56. The highest BCUT2D eigenvalue weighted by Gasteiger charge is 2.24. The van der Waals surface area contributed by atoms with E-state index in [0.717, 1.165) is 23.6 Å². The van der Waals surface area contributed by atoms with Crippen LogP contribution < -0.4 is 5.32 Å². The van der Waals surface area contributed by atoms with Gasteiger partial charge in [-0.2, -0.15) is 0 Å². The molecule has 1 rings (SSSR count). The lowest BCUT2D eigenvalue weighted by atomic mass is 9.83. The summed E-state index contributed by atoms with van der Waals surface area (Å²) in [6.07, 6.45) is 0.924. The molecule has 0 aliphatic rings. The molecule has 0 aromatic heterocycles. The van der Waals surface area contributed by atoms with Crippen molar-refractivity contribution in [3.8, 4) is 0 Å². The fourth-order valence-corrected chi connectivity index (χ4v) is 2.32. The molecule has 0 aliphatic carbocycles. The minimum absolute atomic E-state index is 0.207. The van der Waals surface area contributed by atoms with Crippen LogP contribution in [0.4, 0.5) is 0 Å². The van der Waals surface area contributed by atoms with Crippen molar-refractivity contribution in [1.82, 2.24) is 5.32 Å². The Kier molecular flexibility index (Phi) is 5.30. The Morgan fingerprint density at radius 1 is 1.24 bits per heavy atom. The van der Waals surface area contributed by atoms with Gasteiger partial charge in [0.05, 0.1) is 0 Å². The predicted molar refractivity (Wildman–Crippen MR) is 77.1 cm³/mol. The number of rotatable bonds is 4. The summed E-state index contributed by atoms with van der Waals surface area (Å²) >= 11 is 12.1. The second kappa shape index (κ2) is 6.08. The standard InChI is InChI=1S/C14H21Cl2N/c1-5-17-13(14(2,3)4)8-10-6-7-11(15)9-12(10)16/h6-7,9,13,17H,5,8H2,1-4H3. The quantitative estimate of drug-likeness (QED) is 0.848. The maximum absolute atomic E-state index is 6.21. The summed E-state index contributed by atoms with van der Waals surface area (Å²) in [5.41, 5.74) is 1.36. The molecule has 1 unspecified atom stereocenters. The fourth-order valence-electron chi connectivity index (χ4n) is 1.84. The highest BCUT2D eigenvalue weighted by atomic mass is 35.5. The molecule has 0 saturated heterocycles. The van der Waals surface area contributed by atoms with Gasteiger partial charge in [-0.05, 0) is 36.1 Å². The van der Waals surface area contributed by atoms with E-state index in [-0.39, 0.29) is 5.41 Å². The molecule has 0 heterocycles. The molecule has 0 bridgehead atoms. The normalized spacial score (nSPS) is 13.8. The Labute approximate surface area is 115 Å². The molecule has 1 aromatic rings. The first-order chi connectivity index (χ1) is 7.84. The van der Waals surface area contributed by atoms with Crippen LogP contribution in [0.1, 0.15) is 33.3 Å². The van der Waals surface area contributed by atoms with Crippen molar-refractivity contribution in [2.24, 2.45) is 5.41 Å². The lowest BCUT2D eigenvalue weighted by Gasteiger charge is -2.31. The van der Waals surface area contributed by atoms with Gasteiger partial charge in [0, 0.05) is 16.1 Å². The molecule has 0 saturated carbocycles. The first-order valence-corrected chi connectivity index (χ1v) is 6.77. The zero-order chi connectivity index (χ0) is 13.1. The smallest absolute Gasteiger partial charge is 0.0453 e. The van der Waals surface area contributed by atoms with Gasteiger partial charge >= 0.3 is 0 Å². The Morgan fingerprint density at radius 3 is 2.35 bits per heavy atom.